The second kappa shape index (κ2) is 9.05. The Hall–Kier alpha value is -2.93. The van der Waals surface area contributed by atoms with Crippen molar-refractivity contribution in [3.63, 3.8) is 0 Å². The standard InChI is InChI=1S/C20H20N2O6S/c1-2-27-20(23)16(14-21)13-17-5-8-19(28-17)15-3-6-18(7-4-15)29(24,25)22-9-11-26-12-10-22/h3-8,13H,2,9-12H2,1H3/b16-13+. The van der Waals surface area contributed by atoms with E-state index in [-0.39, 0.29) is 17.1 Å². The van der Waals surface area contributed by atoms with E-state index in [1.54, 1.807) is 37.3 Å². The number of furan rings is 1. The minimum absolute atomic E-state index is 0.167. The summed E-state index contributed by atoms with van der Waals surface area (Å²) >= 11 is 0. The SMILES string of the molecule is CCOC(=O)/C(C#N)=C/c1ccc(-c2ccc(S(=O)(=O)N3CCOCC3)cc2)o1. The first-order valence-electron chi connectivity index (χ1n) is 9.03. The average Bonchev–Trinajstić information content (AvgIpc) is 3.21. The van der Waals surface area contributed by atoms with E-state index in [0.29, 0.717) is 43.4 Å². The second-order valence-electron chi connectivity index (χ2n) is 6.13. The molecule has 0 radical (unpaired) electrons. The average molecular weight is 416 g/mol. The van der Waals surface area contributed by atoms with Gasteiger partial charge in [0.1, 0.15) is 23.2 Å². The van der Waals surface area contributed by atoms with Crippen LogP contribution in [0.3, 0.4) is 0 Å². The van der Waals surface area contributed by atoms with Gasteiger partial charge in [0.2, 0.25) is 10.0 Å². The number of ether oxygens (including phenoxy) is 2. The van der Waals surface area contributed by atoms with Gasteiger partial charge in [0.15, 0.2) is 0 Å². The summed E-state index contributed by atoms with van der Waals surface area (Å²) in [5, 5.41) is 9.09. The molecule has 1 aromatic carbocycles. The Labute approximate surface area is 169 Å². The molecule has 1 aromatic heterocycles. The lowest BCUT2D eigenvalue weighted by molar-refractivity contribution is -0.137. The first-order chi connectivity index (χ1) is 14.0. The number of sulfonamides is 1. The predicted molar refractivity (Wildman–Crippen MR) is 104 cm³/mol. The van der Waals surface area contributed by atoms with E-state index in [9.17, 15) is 13.2 Å². The largest absolute Gasteiger partial charge is 0.462 e. The van der Waals surface area contributed by atoms with E-state index in [1.807, 2.05) is 0 Å². The number of esters is 1. The second-order valence-corrected chi connectivity index (χ2v) is 8.07. The van der Waals surface area contributed by atoms with Crippen molar-refractivity contribution in [2.24, 2.45) is 0 Å². The molecule has 2 heterocycles. The van der Waals surface area contributed by atoms with Crippen molar-refractivity contribution in [1.29, 1.82) is 5.26 Å². The first kappa shape index (κ1) is 20.8. The summed E-state index contributed by atoms with van der Waals surface area (Å²) in [5.74, 6) is 0.0768. The van der Waals surface area contributed by atoms with Crippen molar-refractivity contribution >= 4 is 22.1 Å². The van der Waals surface area contributed by atoms with Gasteiger partial charge < -0.3 is 13.9 Å². The highest BCUT2D eigenvalue weighted by Crippen LogP contribution is 2.26. The van der Waals surface area contributed by atoms with Crippen molar-refractivity contribution in [1.82, 2.24) is 4.31 Å². The third kappa shape index (κ3) is 4.74. The van der Waals surface area contributed by atoms with E-state index in [2.05, 4.69) is 0 Å². The quantitative estimate of drug-likeness (QED) is 0.404. The molecule has 3 rings (SSSR count). The summed E-state index contributed by atoms with van der Waals surface area (Å²) in [5.41, 5.74) is 0.500. The summed E-state index contributed by atoms with van der Waals surface area (Å²) in [7, 11) is -3.56. The maximum absolute atomic E-state index is 12.7. The number of morpholine rings is 1. The summed E-state index contributed by atoms with van der Waals surface area (Å²) in [6, 6.07) is 11.4. The minimum Gasteiger partial charge on any atom is -0.462 e. The summed E-state index contributed by atoms with van der Waals surface area (Å²) in [6.45, 7) is 3.26. The Morgan fingerprint density at radius 2 is 1.90 bits per heavy atom. The summed E-state index contributed by atoms with van der Waals surface area (Å²) in [6.07, 6.45) is 1.30. The van der Waals surface area contributed by atoms with Crippen LogP contribution in [0.15, 0.2) is 51.3 Å². The van der Waals surface area contributed by atoms with Crippen molar-refractivity contribution in [3.8, 4) is 17.4 Å². The summed E-state index contributed by atoms with van der Waals surface area (Å²) < 4.78 is 42.4. The Bertz CT molecular complexity index is 1040. The van der Waals surface area contributed by atoms with Crippen molar-refractivity contribution in [2.75, 3.05) is 32.9 Å². The molecule has 0 N–H and O–H groups in total. The molecule has 1 aliphatic heterocycles. The van der Waals surface area contributed by atoms with Crippen LogP contribution in [0.2, 0.25) is 0 Å². The molecular formula is C20H20N2O6S. The maximum Gasteiger partial charge on any atom is 0.349 e. The summed E-state index contributed by atoms with van der Waals surface area (Å²) in [4.78, 5) is 11.9. The van der Waals surface area contributed by atoms with Crippen LogP contribution >= 0.6 is 0 Å². The fourth-order valence-corrected chi connectivity index (χ4v) is 4.21. The van der Waals surface area contributed by atoms with Gasteiger partial charge in [0, 0.05) is 24.7 Å². The normalized spacial score (nSPS) is 15.7. The van der Waals surface area contributed by atoms with Crippen molar-refractivity contribution in [3.05, 3.63) is 47.7 Å². The van der Waals surface area contributed by atoms with Gasteiger partial charge in [-0.25, -0.2) is 13.2 Å². The predicted octanol–water partition coefficient (Wildman–Crippen LogP) is 2.44. The Morgan fingerprint density at radius 3 is 2.52 bits per heavy atom. The molecule has 152 valence electrons. The Kier molecular flexibility index (Phi) is 6.49. The number of nitrogens with zero attached hydrogens (tertiary/aromatic N) is 2. The molecule has 0 amide bonds. The van der Waals surface area contributed by atoms with Gasteiger partial charge in [-0.15, -0.1) is 0 Å². The molecule has 0 aliphatic carbocycles. The highest BCUT2D eigenvalue weighted by Gasteiger charge is 2.26. The Morgan fingerprint density at radius 1 is 1.21 bits per heavy atom. The fraction of sp³-hybridized carbons (Fsp3) is 0.300. The molecule has 29 heavy (non-hydrogen) atoms. The van der Waals surface area contributed by atoms with Crippen LogP contribution in [0, 0.1) is 11.3 Å². The highest BCUT2D eigenvalue weighted by molar-refractivity contribution is 7.89. The van der Waals surface area contributed by atoms with Gasteiger partial charge in [0.25, 0.3) is 0 Å². The monoisotopic (exact) mass is 416 g/mol. The molecule has 2 aromatic rings. The van der Waals surface area contributed by atoms with Gasteiger partial charge >= 0.3 is 5.97 Å². The van der Waals surface area contributed by atoms with Gasteiger partial charge in [-0.05, 0) is 43.3 Å². The zero-order valence-electron chi connectivity index (χ0n) is 15.8. The lowest BCUT2D eigenvalue weighted by atomic mass is 10.2. The molecule has 1 fully saturated rings. The molecular weight excluding hydrogens is 396 g/mol. The van der Waals surface area contributed by atoms with Gasteiger partial charge in [-0.1, -0.05) is 0 Å². The third-order valence-electron chi connectivity index (χ3n) is 4.28. The number of hydrogen-bond acceptors (Lipinski definition) is 7. The zero-order valence-corrected chi connectivity index (χ0v) is 16.6. The molecule has 0 unspecified atom stereocenters. The minimum atomic E-state index is -3.56. The fourth-order valence-electron chi connectivity index (χ4n) is 2.80. The van der Waals surface area contributed by atoms with Crippen LogP contribution in [0.25, 0.3) is 17.4 Å². The van der Waals surface area contributed by atoms with E-state index >= 15 is 0 Å². The molecule has 0 saturated carbocycles. The molecule has 9 heteroatoms. The number of carbonyl (C=O) groups is 1. The van der Waals surface area contributed by atoms with Crippen LogP contribution in [0.5, 0.6) is 0 Å². The molecule has 0 bridgehead atoms. The van der Waals surface area contributed by atoms with E-state index in [4.69, 9.17) is 19.2 Å². The smallest absolute Gasteiger partial charge is 0.349 e. The van der Waals surface area contributed by atoms with E-state index in [0.717, 1.165) is 0 Å². The van der Waals surface area contributed by atoms with Gasteiger partial charge in [-0.3, -0.25) is 0 Å². The number of carbonyl (C=O) groups excluding carboxylic acids is 1. The number of hydrogen-bond donors (Lipinski definition) is 0. The number of rotatable bonds is 6. The number of benzene rings is 1. The molecule has 8 nitrogen and oxygen atoms in total. The molecule has 1 saturated heterocycles. The Balaban J connectivity index is 1.79. The van der Waals surface area contributed by atoms with Crippen molar-refractivity contribution < 1.29 is 27.1 Å². The van der Waals surface area contributed by atoms with Gasteiger partial charge in [0.05, 0.1) is 24.7 Å². The van der Waals surface area contributed by atoms with E-state index in [1.165, 1.54) is 22.5 Å². The van der Waals surface area contributed by atoms with E-state index < -0.39 is 16.0 Å². The van der Waals surface area contributed by atoms with Crippen molar-refractivity contribution in [2.45, 2.75) is 11.8 Å². The lowest BCUT2D eigenvalue weighted by Gasteiger charge is -2.26. The lowest BCUT2D eigenvalue weighted by Crippen LogP contribution is -2.40. The highest BCUT2D eigenvalue weighted by atomic mass is 32.2. The van der Waals surface area contributed by atoms with Crippen LogP contribution in [0.1, 0.15) is 12.7 Å². The van der Waals surface area contributed by atoms with Crippen LogP contribution in [-0.4, -0.2) is 51.6 Å². The molecule has 0 atom stereocenters. The maximum atomic E-state index is 12.7. The zero-order chi connectivity index (χ0) is 20.9. The topological polar surface area (TPSA) is 110 Å². The van der Waals surface area contributed by atoms with Crippen LogP contribution in [0.4, 0.5) is 0 Å². The third-order valence-corrected chi connectivity index (χ3v) is 6.19. The molecule has 1 aliphatic rings. The number of nitriles is 1. The van der Waals surface area contributed by atoms with Crippen LogP contribution in [-0.2, 0) is 24.3 Å². The first-order valence-corrected chi connectivity index (χ1v) is 10.5. The van der Waals surface area contributed by atoms with Gasteiger partial charge in [-0.2, -0.15) is 9.57 Å². The van der Waals surface area contributed by atoms with Crippen LogP contribution < -0.4 is 0 Å². The molecule has 0 spiro atoms.